The fourth-order valence-electron chi connectivity index (χ4n) is 2.49. The molecular formula is C22H21NO3. The molecule has 3 rings (SSSR count). The number of nitrogens with one attached hydrogen (secondary N) is 1. The van der Waals surface area contributed by atoms with Crippen LogP contribution in [0.1, 0.15) is 22.8 Å². The highest BCUT2D eigenvalue weighted by Crippen LogP contribution is 2.25. The molecule has 0 aliphatic rings. The molecule has 0 bridgehead atoms. The van der Waals surface area contributed by atoms with Gasteiger partial charge in [-0.3, -0.25) is 4.79 Å². The van der Waals surface area contributed by atoms with Gasteiger partial charge in [0.05, 0.1) is 12.3 Å². The van der Waals surface area contributed by atoms with Gasteiger partial charge in [-0.15, -0.1) is 0 Å². The highest BCUT2D eigenvalue weighted by Gasteiger charge is 2.10. The molecule has 3 aromatic rings. The summed E-state index contributed by atoms with van der Waals surface area (Å²) in [5, 5.41) is 2.91. The summed E-state index contributed by atoms with van der Waals surface area (Å²) in [5.41, 5.74) is 2.27. The van der Waals surface area contributed by atoms with E-state index in [1.54, 1.807) is 24.3 Å². The fourth-order valence-corrected chi connectivity index (χ4v) is 2.49. The first-order valence-electron chi connectivity index (χ1n) is 8.56. The topological polar surface area (TPSA) is 47.6 Å². The Kier molecular flexibility index (Phi) is 5.88. The minimum Gasteiger partial charge on any atom is -0.494 e. The van der Waals surface area contributed by atoms with E-state index in [0.717, 1.165) is 11.3 Å². The highest BCUT2D eigenvalue weighted by molar-refractivity contribution is 6.05. The van der Waals surface area contributed by atoms with Crippen molar-refractivity contribution in [3.63, 3.8) is 0 Å². The molecule has 0 aliphatic carbocycles. The third kappa shape index (κ3) is 4.63. The van der Waals surface area contributed by atoms with Crippen LogP contribution in [0.3, 0.4) is 0 Å². The maximum Gasteiger partial charge on any atom is 0.255 e. The third-order valence-electron chi connectivity index (χ3n) is 3.80. The molecule has 1 amide bonds. The molecule has 0 fully saturated rings. The molecule has 0 spiro atoms. The van der Waals surface area contributed by atoms with Crippen molar-refractivity contribution in [2.24, 2.45) is 0 Å². The Morgan fingerprint density at radius 3 is 2.27 bits per heavy atom. The molecule has 0 saturated carbocycles. The van der Waals surface area contributed by atoms with Crippen LogP contribution in [-0.2, 0) is 6.61 Å². The Bertz CT molecular complexity index is 845. The number of rotatable bonds is 7. The second-order valence-corrected chi connectivity index (χ2v) is 5.68. The van der Waals surface area contributed by atoms with Gasteiger partial charge in [-0.25, -0.2) is 0 Å². The second kappa shape index (κ2) is 8.72. The average Bonchev–Trinajstić information content (AvgIpc) is 2.69. The predicted molar refractivity (Wildman–Crippen MR) is 103 cm³/mol. The van der Waals surface area contributed by atoms with E-state index in [2.05, 4.69) is 5.32 Å². The molecule has 4 heteroatoms. The predicted octanol–water partition coefficient (Wildman–Crippen LogP) is 4.92. The number of carbonyl (C=O) groups is 1. The fraction of sp³-hybridized carbons (Fsp3) is 0.136. The quantitative estimate of drug-likeness (QED) is 0.660. The van der Waals surface area contributed by atoms with Crippen LogP contribution in [0.15, 0.2) is 78.9 Å². The molecule has 132 valence electrons. The molecule has 26 heavy (non-hydrogen) atoms. The van der Waals surface area contributed by atoms with Crippen LogP contribution >= 0.6 is 0 Å². The molecular weight excluding hydrogens is 326 g/mol. The molecule has 1 N–H and O–H groups in total. The van der Waals surface area contributed by atoms with Gasteiger partial charge in [0.1, 0.15) is 18.1 Å². The van der Waals surface area contributed by atoms with E-state index in [1.165, 1.54) is 0 Å². The lowest BCUT2D eigenvalue weighted by atomic mass is 10.2. The minimum absolute atomic E-state index is 0.191. The van der Waals surface area contributed by atoms with Gasteiger partial charge < -0.3 is 14.8 Å². The number of carbonyl (C=O) groups excluding carboxylic acids is 1. The van der Waals surface area contributed by atoms with Gasteiger partial charge >= 0.3 is 0 Å². The van der Waals surface area contributed by atoms with Gasteiger partial charge in [0.15, 0.2) is 0 Å². The molecule has 0 saturated heterocycles. The first-order chi connectivity index (χ1) is 12.8. The van der Waals surface area contributed by atoms with E-state index < -0.39 is 0 Å². The van der Waals surface area contributed by atoms with Crippen molar-refractivity contribution in [2.75, 3.05) is 11.9 Å². The van der Waals surface area contributed by atoms with Crippen molar-refractivity contribution in [1.82, 2.24) is 0 Å². The van der Waals surface area contributed by atoms with E-state index in [0.29, 0.717) is 30.2 Å². The first-order valence-corrected chi connectivity index (χ1v) is 8.56. The van der Waals surface area contributed by atoms with Gasteiger partial charge in [-0.2, -0.15) is 0 Å². The van der Waals surface area contributed by atoms with Crippen molar-refractivity contribution in [1.29, 1.82) is 0 Å². The Morgan fingerprint density at radius 2 is 1.54 bits per heavy atom. The Morgan fingerprint density at radius 1 is 0.846 bits per heavy atom. The molecule has 3 aromatic carbocycles. The van der Waals surface area contributed by atoms with Crippen molar-refractivity contribution in [2.45, 2.75) is 13.5 Å². The van der Waals surface area contributed by atoms with Crippen LogP contribution in [0.4, 0.5) is 5.69 Å². The lowest BCUT2D eigenvalue weighted by Crippen LogP contribution is -2.13. The molecule has 0 heterocycles. The number of benzene rings is 3. The summed E-state index contributed by atoms with van der Waals surface area (Å²) < 4.78 is 11.3. The first kappa shape index (κ1) is 17.5. The molecule has 4 nitrogen and oxygen atoms in total. The summed E-state index contributed by atoms with van der Waals surface area (Å²) in [6.45, 7) is 2.96. The van der Waals surface area contributed by atoms with Crippen molar-refractivity contribution >= 4 is 11.6 Å². The minimum atomic E-state index is -0.191. The second-order valence-electron chi connectivity index (χ2n) is 5.68. The van der Waals surface area contributed by atoms with Gasteiger partial charge in [-0.1, -0.05) is 42.5 Å². The summed E-state index contributed by atoms with van der Waals surface area (Å²) >= 11 is 0. The summed E-state index contributed by atoms with van der Waals surface area (Å²) in [7, 11) is 0. The van der Waals surface area contributed by atoms with Gasteiger partial charge in [0.25, 0.3) is 5.91 Å². The lowest BCUT2D eigenvalue weighted by molar-refractivity contribution is 0.102. The zero-order valence-electron chi connectivity index (χ0n) is 14.6. The van der Waals surface area contributed by atoms with Crippen molar-refractivity contribution in [3.8, 4) is 11.5 Å². The molecule has 0 unspecified atom stereocenters. The molecule has 0 atom stereocenters. The number of amides is 1. The van der Waals surface area contributed by atoms with Crippen molar-refractivity contribution in [3.05, 3.63) is 90.0 Å². The third-order valence-corrected chi connectivity index (χ3v) is 3.80. The molecule has 0 radical (unpaired) electrons. The lowest BCUT2D eigenvalue weighted by Gasteiger charge is -2.13. The van der Waals surface area contributed by atoms with Crippen LogP contribution in [0, 0.1) is 0 Å². The number of para-hydroxylation sites is 2. The van der Waals surface area contributed by atoms with Crippen LogP contribution in [0.25, 0.3) is 0 Å². The number of ether oxygens (including phenoxy) is 2. The zero-order chi connectivity index (χ0) is 18.2. The largest absolute Gasteiger partial charge is 0.494 e. The normalized spacial score (nSPS) is 10.2. The smallest absolute Gasteiger partial charge is 0.255 e. The van der Waals surface area contributed by atoms with E-state index >= 15 is 0 Å². The van der Waals surface area contributed by atoms with E-state index in [1.807, 2.05) is 61.5 Å². The van der Waals surface area contributed by atoms with Gasteiger partial charge in [0.2, 0.25) is 0 Å². The summed E-state index contributed by atoms with van der Waals surface area (Å²) in [5.74, 6) is 1.19. The maximum atomic E-state index is 12.5. The standard InChI is InChI=1S/C22H21NO3/c1-2-25-19-14-12-18(13-15-19)22(24)23-20-10-6-7-11-21(20)26-16-17-8-4-3-5-9-17/h3-15H,2,16H2,1H3,(H,23,24). The van der Waals surface area contributed by atoms with E-state index in [-0.39, 0.29) is 5.91 Å². The van der Waals surface area contributed by atoms with Crippen LogP contribution in [0.2, 0.25) is 0 Å². The monoisotopic (exact) mass is 347 g/mol. The summed E-state index contributed by atoms with van der Waals surface area (Å²) in [6, 6.07) is 24.4. The Labute approximate surface area is 153 Å². The number of hydrogen-bond acceptors (Lipinski definition) is 3. The summed E-state index contributed by atoms with van der Waals surface area (Å²) in [6.07, 6.45) is 0. The number of hydrogen-bond donors (Lipinski definition) is 1. The van der Waals surface area contributed by atoms with Crippen LogP contribution in [0.5, 0.6) is 11.5 Å². The highest BCUT2D eigenvalue weighted by atomic mass is 16.5. The Balaban J connectivity index is 1.68. The Hall–Kier alpha value is -3.27. The SMILES string of the molecule is CCOc1ccc(C(=O)Nc2ccccc2OCc2ccccc2)cc1. The zero-order valence-corrected chi connectivity index (χ0v) is 14.6. The van der Waals surface area contributed by atoms with Crippen LogP contribution < -0.4 is 14.8 Å². The van der Waals surface area contributed by atoms with E-state index in [9.17, 15) is 4.79 Å². The molecule has 0 aliphatic heterocycles. The van der Waals surface area contributed by atoms with Gasteiger partial charge in [-0.05, 0) is 48.9 Å². The van der Waals surface area contributed by atoms with Gasteiger partial charge in [0, 0.05) is 5.56 Å². The number of anilines is 1. The van der Waals surface area contributed by atoms with E-state index in [4.69, 9.17) is 9.47 Å². The molecule has 0 aromatic heterocycles. The summed E-state index contributed by atoms with van der Waals surface area (Å²) in [4.78, 5) is 12.5. The van der Waals surface area contributed by atoms with Crippen molar-refractivity contribution < 1.29 is 14.3 Å². The average molecular weight is 347 g/mol. The van der Waals surface area contributed by atoms with Crippen LogP contribution in [-0.4, -0.2) is 12.5 Å². The maximum absolute atomic E-state index is 12.5.